The fourth-order valence-electron chi connectivity index (χ4n) is 2.79. The lowest BCUT2D eigenvalue weighted by Crippen LogP contribution is -2.39. The quantitative estimate of drug-likeness (QED) is 0.927. The molecule has 2 heterocycles. The Morgan fingerprint density at radius 2 is 1.95 bits per heavy atom. The summed E-state index contributed by atoms with van der Waals surface area (Å²) in [7, 11) is 1.79. The molecule has 21 heavy (non-hydrogen) atoms. The largest absolute Gasteiger partial charge is 0.391 e. The van der Waals surface area contributed by atoms with E-state index in [9.17, 15) is 13.2 Å². The van der Waals surface area contributed by atoms with Crippen LogP contribution in [0.3, 0.4) is 0 Å². The summed E-state index contributed by atoms with van der Waals surface area (Å²) in [6.07, 6.45) is -0.599. The molecule has 7 heteroatoms. The van der Waals surface area contributed by atoms with Crippen LogP contribution in [0.5, 0.6) is 0 Å². The number of hydrogen-bond acceptors (Lipinski definition) is 4. The number of nitrogens with zero attached hydrogens (tertiary/aromatic N) is 3. The fraction of sp³-hybridized carbons (Fsp3) is 0.714. The number of halogens is 3. The van der Waals surface area contributed by atoms with Gasteiger partial charge in [-0.15, -0.1) is 0 Å². The van der Waals surface area contributed by atoms with E-state index in [1.165, 1.54) is 6.33 Å². The zero-order valence-corrected chi connectivity index (χ0v) is 12.4. The van der Waals surface area contributed by atoms with Gasteiger partial charge in [0.2, 0.25) is 0 Å². The third-order valence-corrected chi connectivity index (χ3v) is 3.92. The summed E-state index contributed by atoms with van der Waals surface area (Å²) in [6.45, 7) is 2.84. The van der Waals surface area contributed by atoms with Crippen molar-refractivity contribution in [1.82, 2.24) is 9.97 Å². The van der Waals surface area contributed by atoms with Gasteiger partial charge in [0.05, 0.1) is 5.92 Å². The average Bonchev–Trinajstić information content (AvgIpc) is 2.47. The van der Waals surface area contributed by atoms with Gasteiger partial charge in [-0.3, -0.25) is 0 Å². The van der Waals surface area contributed by atoms with Gasteiger partial charge in [0.1, 0.15) is 18.0 Å². The highest BCUT2D eigenvalue weighted by molar-refractivity contribution is 5.58. The first-order valence-corrected chi connectivity index (χ1v) is 7.30. The highest BCUT2D eigenvalue weighted by Gasteiger charge is 2.41. The van der Waals surface area contributed by atoms with Crippen molar-refractivity contribution in [1.29, 1.82) is 0 Å². The SMILES string of the molecule is CCCc1c(NC)ncnc1N1CCC(C(F)(F)F)CC1. The molecule has 1 aliphatic heterocycles. The molecule has 2 rings (SSSR count). The molecule has 1 aliphatic rings. The molecule has 1 aromatic heterocycles. The molecule has 1 N–H and O–H groups in total. The van der Waals surface area contributed by atoms with Crippen molar-refractivity contribution in [2.75, 3.05) is 30.4 Å². The van der Waals surface area contributed by atoms with Crippen molar-refractivity contribution in [2.45, 2.75) is 38.8 Å². The summed E-state index contributed by atoms with van der Waals surface area (Å²) in [4.78, 5) is 10.5. The second kappa shape index (κ2) is 6.49. The van der Waals surface area contributed by atoms with Gasteiger partial charge in [-0.1, -0.05) is 13.3 Å². The van der Waals surface area contributed by atoms with E-state index < -0.39 is 12.1 Å². The average molecular weight is 302 g/mol. The number of hydrogen-bond donors (Lipinski definition) is 1. The summed E-state index contributed by atoms with van der Waals surface area (Å²) in [5.41, 5.74) is 0.993. The zero-order valence-electron chi connectivity index (χ0n) is 12.4. The van der Waals surface area contributed by atoms with Gasteiger partial charge in [-0.05, 0) is 19.3 Å². The number of piperidine rings is 1. The van der Waals surface area contributed by atoms with Crippen LogP contribution < -0.4 is 10.2 Å². The Hall–Kier alpha value is -1.53. The van der Waals surface area contributed by atoms with Crippen molar-refractivity contribution >= 4 is 11.6 Å². The number of aromatic nitrogens is 2. The predicted octanol–water partition coefficient (Wildman–Crippen LogP) is 3.25. The van der Waals surface area contributed by atoms with Crippen LogP contribution in [-0.2, 0) is 6.42 Å². The van der Waals surface area contributed by atoms with Gasteiger partial charge in [0, 0.05) is 25.7 Å². The molecule has 1 saturated heterocycles. The van der Waals surface area contributed by atoms with Crippen molar-refractivity contribution in [3.8, 4) is 0 Å². The van der Waals surface area contributed by atoms with Crippen LogP contribution in [0.2, 0.25) is 0 Å². The fourth-order valence-corrected chi connectivity index (χ4v) is 2.79. The van der Waals surface area contributed by atoms with E-state index in [4.69, 9.17) is 0 Å². The molecule has 4 nitrogen and oxygen atoms in total. The third kappa shape index (κ3) is 3.57. The smallest absolute Gasteiger partial charge is 0.373 e. The Balaban J connectivity index is 2.16. The van der Waals surface area contributed by atoms with Crippen molar-refractivity contribution in [3.05, 3.63) is 11.9 Å². The first kappa shape index (κ1) is 15.9. The summed E-state index contributed by atoms with van der Waals surface area (Å²) >= 11 is 0. The third-order valence-electron chi connectivity index (χ3n) is 3.92. The molecule has 0 saturated carbocycles. The topological polar surface area (TPSA) is 41.1 Å². The predicted molar refractivity (Wildman–Crippen MR) is 76.6 cm³/mol. The minimum Gasteiger partial charge on any atom is -0.373 e. The Kier molecular flexibility index (Phi) is 4.90. The number of alkyl halides is 3. The Morgan fingerprint density at radius 3 is 2.48 bits per heavy atom. The minimum absolute atomic E-state index is 0.133. The van der Waals surface area contributed by atoms with Gasteiger partial charge in [-0.2, -0.15) is 13.2 Å². The van der Waals surface area contributed by atoms with Crippen molar-refractivity contribution in [2.24, 2.45) is 5.92 Å². The van der Waals surface area contributed by atoms with E-state index >= 15 is 0 Å². The van der Waals surface area contributed by atoms with E-state index in [-0.39, 0.29) is 12.8 Å². The molecular weight excluding hydrogens is 281 g/mol. The maximum atomic E-state index is 12.7. The molecule has 0 amide bonds. The van der Waals surface area contributed by atoms with Crippen molar-refractivity contribution in [3.63, 3.8) is 0 Å². The molecule has 0 aliphatic carbocycles. The second-order valence-corrected chi connectivity index (χ2v) is 5.33. The molecule has 0 atom stereocenters. The maximum absolute atomic E-state index is 12.7. The van der Waals surface area contributed by atoms with E-state index in [2.05, 4.69) is 22.2 Å². The highest BCUT2D eigenvalue weighted by Crippen LogP contribution is 2.36. The van der Waals surface area contributed by atoms with E-state index in [0.29, 0.717) is 13.1 Å². The van der Waals surface area contributed by atoms with Gasteiger partial charge in [-0.25, -0.2) is 9.97 Å². The molecule has 0 spiro atoms. The maximum Gasteiger partial charge on any atom is 0.391 e. The number of rotatable bonds is 4. The van der Waals surface area contributed by atoms with Crippen LogP contribution in [0.25, 0.3) is 0 Å². The monoisotopic (exact) mass is 302 g/mol. The van der Waals surface area contributed by atoms with Crippen LogP contribution in [-0.4, -0.2) is 36.3 Å². The lowest BCUT2D eigenvalue weighted by Gasteiger charge is -2.34. The molecule has 0 aromatic carbocycles. The second-order valence-electron chi connectivity index (χ2n) is 5.33. The normalized spacial score (nSPS) is 17.1. The Bertz CT molecular complexity index is 468. The van der Waals surface area contributed by atoms with E-state index in [1.54, 1.807) is 7.05 Å². The van der Waals surface area contributed by atoms with Crippen molar-refractivity contribution < 1.29 is 13.2 Å². The molecule has 0 bridgehead atoms. The molecule has 1 fully saturated rings. The van der Waals surface area contributed by atoms with E-state index in [1.807, 2.05) is 4.90 Å². The van der Waals surface area contributed by atoms with Crippen LogP contribution in [0.15, 0.2) is 6.33 Å². The minimum atomic E-state index is -4.08. The highest BCUT2D eigenvalue weighted by atomic mass is 19.4. The number of nitrogens with one attached hydrogen (secondary N) is 1. The molecular formula is C14H21F3N4. The van der Waals surface area contributed by atoms with Gasteiger partial charge >= 0.3 is 6.18 Å². The summed E-state index contributed by atoms with van der Waals surface area (Å²) in [5, 5.41) is 3.04. The summed E-state index contributed by atoms with van der Waals surface area (Å²) in [6, 6.07) is 0. The van der Waals surface area contributed by atoms with Gasteiger partial charge in [0.25, 0.3) is 0 Å². The van der Waals surface area contributed by atoms with Gasteiger partial charge < -0.3 is 10.2 Å². The van der Waals surface area contributed by atoms with Crippen LogP contribution in [0.4, 0.5) is 24.8 Å². The summed E-state index contributed by atoms with van der Waals surface area (Å²) < 4.78 is 38.2. The van der Waals surface area contributed by atoms with Gasteiger partial charge in [0.15, 0.2) is 0 Å². The van der Waals surface area contributed by atoms with Crippen LogP contribution in [0.1, 0.15) is 31.7 Å². The first-order valence-electron chi connectivity index (χ1n) is 7.30. The standard InChI is InChI=1S/C14H21F3N4/c1-3-4-11-12(18-2)19-9-20-13(11)21-7-5-10(6-8-21)14(15,16)17/h9-10H,3-8H2,1-2H3,(H,18,19,20). The lowest BCUT2D eigenvalue weighted by atomic mass is 9.96. The molecule has 0 unspecified atom stereocenters. The van der Waals surface area contributed by atoms with Crippen LogP contribution >= 0.6 is 0 Å². The summed E-state index contributed by atoms with van der Waals surface area (Å²) in [5.74, 6) is 0.352. The first-order chi connectivity index (χ1) is 9.97. The van der Waals surface area contributed by atoms with Crippen LogP contribution in [0, 0.1) is 5.92 Å². The molecule has 0 radical (unpaired) electrons. The Morgan fingerprint density at radius 1 is 1.29 bits per heavy atom. The zero-order chi connectivity index (χ0) is 15.5. The Labute approximate surface area is 122 Å². The van der Waals surface area contributed by atoms with E-state index in [0.717, 1.165) is 30.0 Å². The molecule has 118 valence electrons. The molecule has 1 aromatic rings. The lowest BCUT2D eigenvalue weighted by molar-refractivity contribution is -0.179. The number of anilines is 2.